The van der Waals surface area contributed by atoms with E-state index in [0.29, 0.717) is 17.4 Å². The zero-order chi connectivity index (χ0) is 42.8. The lowest BCUT2D eigenvalue weighted by Crippen LogP contribution is -2.37. The second-order valence-corrected chi connectivity index (χ2v) is 17.4. The Balaban J connectivity index is 4.06. The summed E-state index contributed by atoms with van der Waals surface area (Å²) in [6, 6.07) is 0. The molecule has 0 aromatic carbocycles. The molecule has 0 aliphatic carbocycles. The van der Waals surface area contributed by atoms with Crippen molar-refractivity contribution in [1.29, 1.82) is 0 Å². The van der Waals surface area contributed by atoms with Crippen molar-refractivity contribution in [3.8, 4) is 0 Å². The van der Waals surface area contributed by atoms with Gasteiger partial charge in [0.05, 0.1) is 27.7 Å². The van der Waals surface area contributed by atoms with E-state index >= 15 is 0 Å². The van der Waals surface area contributed by atoms with E-state index in [4.69, 9.17) is 18.5 Å². The summed E-state index contributed by atoms with van der Waals surface area (Å²) in [6.45, 7) is 3.99. The third-order valence-corrected chi connectivity index (χ3v) is 10.2. The van der Waals surface area contributed by atoms with Crippen molar-refractivity contribution < 1.29 is 42.1 Å². The Morgan fingerprint density at radius 1 is 0.552 bits per heavy atom. The van der Waals surface area contributed by atoms with Crippen molar-refractivity contribution in [2.75, 3.05) is 47.5 Å². The van der Waals surface area contributed by atoms with Crippen LogP contribution in [0.2, 0.25) is 0 Å². The average Bonchev–Trinajstić information content (AvgIpc) is 3.17. The zero-order valence-corrected chi connectivity index (χ0v) is 38.4. The third kappa shape index (κ3) is 43.0. The quantitative estimate of drug-likeness (QED) is 0.0197. The van der Waals surface area contributed by atoms with E-state index in [1.807, 2.05) is 21.1 Å². The molecule has 2 unspecified atom stereocenters. The van der Waals surface area contributed by atoms with Gasteiger partial charge >= 0.3 is 11.9 Å². The van der Waals surface area contributed by atoms with Gasteiger partial charge in [-0.25, -0.2) is 0 Å². The summed E-state index contributed by atoms with van der Waals surface area (Å²) in [4.78, 5) is 37.2. The Kier molecular flexibility index (Phi) is 38.1. The van der Waals surface area contributed by atoms with Gasteiger partial charge in [0, 0.05) is 12.8 Å². The highest BCUT2D eigenvalue weighted by Crippen LogP contribution is 2.38. The first-order chi connectivity index (χ1) is 28.0. The molecule has 10 heteroatoms. The van der Waals surface area contributed by atoms with E-state index in [0.717, 1.165) is 96.3 Å². The number of phosphoric acid groups is 1. The summed E-state index contributed by atoms with van der Waals surface area (Å²) in [7, 11) is 1.15. The third-order valence-electron chi connectivity index (χ3n) is 9.24. The smallest absolute Gasteiger partial charge is 0.306 e. The molecule has 2 atom stereocenters. The predicted octanol–water partition coefficient (Wildman–Crippen LogP) is 12.4. The molecule has 0 heterocycles. The van der Waals surface area contributed by atoms with E-state index < -0.39 is 32.5 Å². The van der Waals surface area contributed by atoms with Crippen LogP contribution in [0.1, 0.15) is 168 Å². The first-order valence-corrected chi connectivity index (χ1v) is 24.1. The lowest BCUT2D eigenvalue weighted by Gasteiger charge is -2.28. The molecule has 0 saturated carbocycles. The summed E-state index contributed by atoms with van der Waals surface area (Å²) < 4.78 is 33.7. The van der Waals surface area contributed by atoms with Gasteiger partial charge in [0.15, 0.2) is 6.10 Å². The maximum atomic E-state index is 12.6. The van der Waals surface area contributed by atoms with Gasteiger partial charge in [-0.05, 0) is 64.2 Å². The van der Waals surface area contributed by atoms with E-state index in [-0.39, 0.29) is 26.1 Å². The van der Waals surface area contributed by atoms with Crippen molar-refractivity contribution in [1.82, 2.24) is 0 Å². The second-order valence-electron chi connectivity index (χ2n) is 16.0. The lowest BCUT2D eigenvalue weighted by atomic mass is 10.0. The second kappa shape index (κ2) is 39.9. The van der Waals surface area contributed by atoms with Gasteiger partial charge in [0.1, 0.15) is 19.8 Å². The van der Waals surface area contributed by atoms with Crippen LogP contribution in [0.15, 0.2) is 72.9 Å². The largest absolute Gasteiger partial charge is 0.756 e. The monoisotopic (exact) mass is 834 g/mol. The van der Waals surface area contributed by atoms with Crippen LogP contribution in [0.4, 0.5) is 0 Å². The Labute approximate surface area is 355 Å². The number of phosphoric ester groups is 1. The van der Waals surface area contributed by atoms with E-state index in [1.165, 1.54) is 38.5 Å². The Bertz CT molecular complexity index is 1220. The molecule has 0 N–H and O–H groups in total. The first kappa shape index (κ1) is 55.5. The van der Waals surface area contributed by atoms with Crippen LogP contribution in [0.3, 0.4) is 0 Å². The molecular formula is C48H84NO8P. The van der Waals surface area contributed by atoms with Gasteiger partial charge in [-0.2, -0.15) is 0 Å². The van der Waals surface area contributed by atoms with Crippen LogP contribution >= 0.6 is 7.82 Å². The Hall–Kier alpha value is -2.55. The molecule has 0 aromatic heterocycles. The number of rotatable bonds is 40. The summed E-state index contributed by atoms with van der Waals surface area (Å²) in [6.07, 6.45) is 49.9. The van der Waals surface area contributed by atoms with Gasteiger partial charge in [0.25, 0.3) is 7.82 Å². The number of likely N-dealkylation sites (N-methyl/N-ethyl adjacent to an activating group) is 1. The van der Waals surface area contributed by atoms with Gasteiger partial charge in [-0.1, -0.05) is 164 Å². The summed E-state index contributed by atoms with van der Waals surface area (Å²) in [5.74, 6) is -0.858. The van der Waals surface area contributed by atoms with Gasteiger partial charge in [-0.3, -0.25) is 14.2 Å². The highest BCUT2D eigenvalue weighted by atomic mass is 31.2. The van der Waals surface area contributed by atoms with Crippen molar-refractivity contribution >= 4 is 19.8 Å². The number of ether oxygens (including phenoxy) is 2. The van der Waals surface area contributed by atoms with Crippen molar-refractivity contribution in [3.63, 3.8) is 0 Å². The highest BCUT2D eigenvalue weighted by molar-refractivity contribution is 7.45. The topological polar surface area (TPSA) is 111 Å². The minimum Gasteiger partial charge on any atom is -0.756 e. The fourth-order valence-corrected chi connectivity index (χ4v) is 6.44. The molecule has 9 nitrogen and oxygen atoms in total. The number of hydrogen-bond acceptors (Lipinski definition) is 8. The summed E-state index contributed by atoms with van der Waals surface area (Å²) >= 11 is 0. The molecule has 0 aliphatic heterocycles. The van der Waals surface area contributed by atoms with Crippen molar-refractivity contribution in [2.24, 2.45) is 0 Å². The number of esters is 2. The van der Waals surface area contributed by atoms with Crippen LogP contribution in [0.25, 0.3) is 0 Å². The van der Waals surface area contributed by atoms with E-state index in [9.17, 15) is 19.0 Å². The van der Waals surface area contributed by atoms with E-state index in [2.05, 4.69) is 86.8 Å². The molecule has 0 saturated heterocycles. The van der Waals surface area contributed by atoms with Crippen LogP contribution in [-0.2, 0) is 32.7 Å². The van der Waals surface area contributed by atoms with Crippen LogP contribution in [0.5, 0.6) is 0 Å². The molecule has 0 aliphatic rings. The average molecular weight is 834 g/mol. The predicted molar refractivity (Wildman–Crippen MR) is 240 cm³/mol. The SMILES string of the molecule is CC/C=C\C/C=C\C/C=C\C/C=C\C/C=C\C/C=C\CCCCCCCCCCCCC(=O)OC(COC(=O)CCCCCCC)COP(=O)([O-])OCC[N+](C)(C)C. The fourth-order valence-electron chi connectivity index (χ4n) is 5.72. The normalized spacial score (nSPS) is 14.2. The Morgan fingerprint density at radius 2 is 0.983 bits per heavy atom. The van der Waals surface area contributed by atoms with Crippen molar-refractivity contribution in [3.05, 3.63) is 72.9 Å². The fraction of sp³-hybridized carbons (Fsp3) is 0.708. The number of unbranched alkanes of at least 4 members (excludes halogenated alkanes) is 14. The molecule has 334 valence electrons. The van der Waals surface area contributed by atoms with Crippen LogP contribution in [-0.4, -0.2) is 70.0 Å². The molecule has 0 radical (unpaired) electrons. The van der Waals surface area contributed by atoms with Gasteiger partial charge in [0.2, 0.25) is 0 Å². The molecular weight excluding hydrogens is 750 g/mol. The highest BCUT2D eigenvalue weighted by Gasteiger charge is 2.21. The molecule has 0 bridgehead atoms. The minimum absolute atomic E-state index is 0.0342. The molecule has 0 aromatic rings. The number of quaternary nitrogens is 1. The number of hydrogen-bond donors (Lipinski definition) is 0. The van der Waals surface area contributed by atoms with Crippen molar-refractivity contribution in [2.45, 2.75) is 174 Å². The van der Waals surface area contributed by atoms with E-state index in [1.54, 1.807) is 0 Å². The van der Waals surface area contributed by atoms with Crippen LogP contribution in [0, 0.1) is 0 Å². The molecule has 0 rings (SSSR count). The number of carbonyl (C=O) groups is 2. The first-order valence-electron chi connectivity index (χ1n) is 22.6. The number of allylic oxidation sites excluding steroid dienone is 12. The van der Waals surface area contributed by atoms with Crippen LogP contribution < -0.4 is 4.89 Å². The van der Waals surface area contributed by atoms with Gasteiger partial charge < -0.3 is 27.9 Å². The summed E-state index contributed by atoms with van der Waals surface area (Å²) in [5, 5.41) is 0. The standard InChI is InChI=1S/C48H84NO8P/c1-6-8-10-12-13-14-15-16-17-18-19-20-21-22-23-24-25-26-27-28-29-30-31-32-33-34-35-37-39-41-48(51)57-46(44-54-47(50)40-38-36-11-9-7-2)45-56-58(52,53)55-43-42-49(3,4)5/h8,10,13-14,16-17,19-20,22-23,25-26,46H,6-7,9,11-12,15,18,21,24,27-45H2,1-5H3/b10-8-,14-13-,17-16-,20-19-,23-22-,26-25-. The lowest BCUT2D eigenvalue weighted by molar-refractivity contribution is -0.870. The number of nitrogens with zero attached hydrogens (tertiary/aromatic N) is 1. The molecule has 0 spiro atoms. The minimum atomic E-state index is -4.62. The Morgan fingerprint density at radius 3 is 1.47 bits per heavy atom. The molecule has 0 fully saturated rings. The number of carbonyl (C=O) groups excluding carboxylic acids is 2. The molecule has 0 amide bonds. The maximum absolute atomic E-state index is 12.6. The summed E-state index contributed by atoms with van der Waals surface area (Å²) in [5.41, 5.74) is 0. The zero-order valence-electron chi connectivity index (χ0n) is 37.5. The van der Waals surface area contributed by atoms with Gasteiger partial charge in [-0.15, -0.1) is 0 Å². The molecule has 58 heavy (non-hydrogen) atoms. The maximum Gasteiger partial charge on any atom is 0.306 e.